The monoisotopic (exact) mass is 276 g/mol. The molecule has 1 heterocycles. The van der Waals surface area contributed by atoms with Gasteiger partial charge in [0.05, 0.1) is 16.5 Å². The second-order valence-corrected chi connectivity index (χ2v) is 4.58. The van der Waals surface area contributed by atoms with Gasteiger partial charge in [0.15, 0.2) is 0 Å². The third-order valence-electron chi connectivity index (χ3n) is 3.09. The Kier molecular flexibility index (Phi) is 4.11. The Morgan fingerprint density at radius 2 is 2.20 bits per heavy atom. The minimum atomic E-state index is -0.699. The molecule has 1 aromatic carbocycles. The third kappa shape index (κ3) is 2.84. The molecular formula is C13H16N4O3. The van der Waals surface area contributed by atoms with E-state index in [4.69, 9.17) is 5.73 Å². The van der Waals surface area contributed by atoms with Crippen LogP contribution in [0.4, 0.5) is 11.4 Å². The molecule has 2 rings (SSSR count). The van der Waals surface area contributed by atoms with Gasteiger partial charge in [0.2, 0.25) is 0 Å². The Morgan fingerprint density at radius 3 is 2.85 bits per heavy atom. The van der Waals surface area contributed by atoms with Crippen LogP contribution in [-0.2, 0) is 0 Å². The molecule has 0 aliphatic carbocycles. The summed E-state index contributed by atoms with van der Waals surface area (Å²) in [5.41, 5.74) is 6.66. The van der Waals surface area contributed by atoms with Gasteiger partial charge in [-0.15, -0.1) is 0 Å². The van der Waals surface area contributed by atoms with E-state index in [1.54, 1.807) is 25.1 Å². The number of fused-ring (bicyclic) bond motifs is 1. The number of benzene rings is 1. The van der Waals surface area contributed by atoms with Gasteiger partial charge in [0.1, 0.15) is 11.9 Å². The molecule has 0 amide bonds. The highest BCUT2D eigenvalue weighted by Gasteiger charge is 2.19. The molecule has 20 heavy (non-hydrogen) atoms. The summed E-state index contributed by atoms with van der Waals surface area (Å²) in [7, 11) is 0. The highest BCUT2D eigenvalue weighted by atomic mass is 16.6. The van der Waals surface area contributed by atoms with Crippen LogP contribution in [0.5, 0.6) is 0 Å². The number of aliphatic hydroxyl groups excluding tert-OH is 1. The predicted molar refractivity (Wildman–Crippen MR) is 76.5 cm³/mol. The second kappa shape index (κ2) is 5.81. The number of nitrogens with zero attached hydrogens (tertiary/aromatic N) is 2. The van der Waals surface area contributed by atoms with E-state index in [9.17, 15) is 15.2 Å². The average molecular weight is 276 g/mol. The zero-order valence-corrected chi connectivity index (χ0v) is 11.0. The fourth-order valence-corrected chi connectivity index (χ4v) is 1.85. The minimum Gasteiger partial charge on any atom is -0.392 e. The van der Waals surface area contributed by atoms with Gasteiger partial charge in [-0.2, -0.15) is 0 Å². The minimum absolute atomic E-state index is 0.110. The van der Waals surface area contributed by atoms with Gasteiger partial charge in [-0.25, -0.2) is 4.98 Å². The quantitative estimate of drug-likeness (QED) is 0.559. The van der Waals surface area contributed by atoms with Crippen LogP contribution < -0.4 is 11.1 Å². The van der Waals surface area contributed by atoms with Crippen molar-refractivity contribution in [2.45, 2.75) is 19.1 Å². The lowest BCUT2D eigenvalue weighted by Crippen LogP contribution is -2.38. The van der Waals surface area contributed by atoms with Crippen molar-refractivity contribution in [2.75, 3.05) is 11.9 Å². The first kappa shape index (κ1) is 14.2. The smallest absolute Gasteiger partial charge is 0.311 e. The summed E-state index contributed by atoms with van der Waals surface area (Å²) >= 11 is 0. The fraction of sp³-hybridized carbons (Fsp3) is 0.308. The number of hydrogen-bond acceptors (Lipinski definition) is 6. The number of nitrogens with one attached hydrogen (secondary N) is 1. The van der Waals surface area contributed by atoms with Gasteiger partial charge >= 0.3 is 5.69 Å². The van der Waals surface area contributed by atoms with Crippen molar-refractivity contribution in [1.82, 2.24) is 4.98 Å². The van der Waals surface area contributed by atoms with Gasteiger partial charge in [0.25, 0.3) is 0 Å². The number of aromatic nitrogens is 1. The van der Waals surface area contributed by atoms with Crippen molar-refractivity contribution in [1.29, 1.82) is 0 Å². The van der Waals surface area contributed by atoms with Gasteiger partial charge < -0.3 is 16.2 Å². The Balaban J connectivity index is 2.42. The normalized spacial score (nSPS) is 13.9. The maximum Gasteiger partial charge on any atom is 0.311 e. The first-order valence-electron chi connectivity index (χ1n) is 6.20. The molecule has 0 aliphatic rings. The largest absolute Gasteiger partial charge is 0.392 e. The summed E-state index contributed by atoms with van der Waals surface area (Å²) in [5.74, 6) is 0. The molecule has 0 spiro atoms. The molecule has 0 saturated carbocycles. The Hall–Kier alpha value is -2.25. The summed E-state index contributed by atoms with van der Waals surface area (Å²) in [5, 5.41) is 24.1. The van der Waals surface area contributed by atoms with Crippen LogP contribution in [0.2, 0.25) is 0 Å². The molecule has 2 aromatic rings. The van der Waals surface area contributed by atoms with Crippen molar-refractivity contribution in [2.24, 2.45) is 5.73 Å². The van der Waals surface area contributed by atoms with E-state index in [1.807, 2.05) is 6.07 Å². The highest BCUT2D eigenvalue weighted by Crippen LogP contribution is 2.31. The van der Waals surface area contributed by atoms with Gasteiger partial charge in [-0.3, -0.25) is 10.1 Å². The molecule has 1 aromatic heterocycles. The highest BCUT2D eigenvalue weighted by molar-refractivity contribution is 5.95. The predicted octanol–water partition coefficient (Wildman–Crippen LogP) is 1.26. The van der Waals surface area contributed by atoms with Crippen molar-refractivity contribution < 1.29 is 10.0 Å². The Bertz CT molecular complexity index is 630. The zero-order valence-electron chi connectivity index (χ0n) is 11.0. The number of aliphatic hydroxyl groups is 1. The number of nitro groups is 1. The lowest BCUT2D eigenvalue weighted by atomic mass is 10.1. The standard InChI is InChI=1S/C13H16N4O3/c1-8(18)10(14)6-16-13-9-4-2-3-5-11(9)15-7-12(13)17(19)20/h2-5,7-8,10,18H,6,14H2,1H3,(H,15,16). The summed E-state index contributed by atoms with van der Waals surface area (Å²) in [6.07, 6.45) is 0.521. The Morgan fingerprint density at radius 1 is 1.50 bits per heavy atom. The number of anilines is 1. The van der Waals surface area contributed by atoms with E-state index >= 15 is 0 Å². The van der Waals surface area contributed by atoms with Gasteiger partial charge in [0, 0.05) is 18.0 Å². The maximum atomic E-state index is 11.1. The van der Waals surface area contributed by atoms with Crippen LogP contribution in [0.3, 0.4) is 0 Å². The van der Waals surface area contributed by atoms with E-state index < -0.39 is 17.1 Å². The van der Waals surface area contributed by atoms with Crippen molar-refractivity contribution in [3.63, 3.8) is 0 Å². The Labute approximate surface area is 115 Å². The number of rotatable bonds is 5. The van der Waals surface area contributed by atoms with E-state index in [-0.39, 0.29) is 12.2 Å². The van der Waals surface area contributed by atoms with E-state index in [2.05, 4.69) is 10.3 Å². The number of para-hydroxylation sites is 1. The molecule has 0 radical (unpaired) electrons. The van der Waals surface area contributed by atoms with Gasteiger partial charge in [-0.05, 0) is 13.0 Å². The average Bonchev–Trinajstić information content (AvgIpc) is 2.43. The van der Waals surface area contributed by atoms with Crippen LogP contribution in [-0.4, -0.2) is 33.7 Å². The first-order valence-corrected chi connectivity index (χ1v) is 6.20. The molecule has 7 heteroatoms. The van der Waals surface area contributed by atoms with E-state index in [0.29, 0.717) is 16.6 Å². The summed E-state index contributed by atoms with van der Waals surface area (Å²) in [6, 6.07) is 6.62. The van der Waals surface area contributed by atoms with Crippen molar-refractivity contribution >= 4 is 22.3 Å². The second-order valence-electron chi connectivity index (χ2n) is 4.58. The van der Waals surface area contributed by atoms with Crippen molar-refractivity contribution in [3.05, 3.63) is 40.6 Å². The molecular weight excluding hydrogens is 260 g/mol. The van der Waals surface area contributed by atoms with Crippen LogP contribution >= 0.6 is 0 Å². The topological polar surface area (TPSA) is 114 Å². The molecule has 0 saturated heterocycles. The molecule has 0 bridgehead atoms. The van der Waals surface area contributed by atoms with Crippen LogP contribution in [0.15, 0.2) is 30.5 Å². The molecule has 4 N–H and O–H groups in total. The molecule has 106 valence electrons. The SMILES string of the molecule is CC(O)C(N)CNc1c([N+](=O)[O-])cnc2ccccc12. The van der Waals surface area contributed by atoms with Crippen LogP contribution in [0.25, 0.3) is 10.9 Å². The summed E-state index contributed by atoms with van der Waals surface area (Å²) < 4.78 is 0. The lowest BCUT2D eigenvalue weighted by molar-refractivity contribution is -0.384. The van der Waals surface area contributed by atoms with Crippen molar-refractivity contribution in [3.8, 4) is 0 Å². The fourth-order valence-electron chi connectivity index (χ4n) is 1.85. The molecule has 7 nitrogen and oxygen atoms in total. The van der Waals surface area contributed by atoms with Crippen LogP contribution in [0, 0.1) is 10.1 Å². The zero-order chi connectivity index (χ0) is 14.7. The molecule has 0 fully saturated rings. The summed E-state index contributed by atoms with van der Waals surface area (Å²) in [4.78, 5) is 14.7. The third-order valence-corrected chi connectivity index (χ3v) is 3.09. The number of hydrogen-bond donors (Lipinski definition) is 3. The van der Waals surface area contributed by atoms with Gasteiger partial charge in [-0.1, -0.05) is 18.2 Å². The van der Waals surface area contributed by atoms with E-state index in [0.717, 1.165) is 0 Å². The maximum absolute atomic E-state index is 11.1. The molecule has 2 unspecified atom stereocenters. The molecule has 0 aliphatic heterocycles. The lowest BCUT2D eigenvalue weighted by Gasteiger charge is -2.17. The first-order chi connectivity index (χ1) is 9.50. The number of nitrogens with two attached hydrogens (primary N) is 1. The number of pyridine rings is 1. The van der Waals surface area contributed by atoms with Crippen LogP contribution in [0.1, 0.15) is 6.92 Å². The van der Waals surface area contributed by atoms with E-state index in [1.165, 1.54) is 6.20 Å². The summed E-state index contributed by atoms with van der Waals surface area (Å²) in [6.45, 7) is 1.80. The molecule has 2 atom stereocenters.